The van der Waals surface area contributed by atoms with Gasteiger partial charge in [0, 0.05) is 25.2 Å². The van der Waals surface area contributed by atoms with E-state index in [1.54, 1.807) is 14.2 Å². The number of fused-ring (bicyclic) bond motifs is 1. The van der Waals surface area contributed by atoms with Crippen molar-refractivity contribution < 1.29 is 14.6 Å². The van der Waals surface area contributed by atoms with Crippen LogP contribution >= 0.6 is 0 Å². The third-order valence-electron chi connectivity index (χ3n) is 5.05. The minimum atomic E-state index is 0.144. The highest BCUT2D eigenvalue weighted by atomic mass is 16.5. The number of aliphatic hydroxyl groups excluding tert-OH is 1. The number of rotatable bonds is 5. The van der Waals surface area contributed by atoms with Crippen LogP contribution in [0.15, 0.2) is 48.2 Å². The van der Waals surface area contributed by atoms with Crippen molar-refractivity contribution in [3.63, 3.8) is 0 Å². The van der Waals surface area contributed by atoms with Crippen LogP contribution in [0.4, 0.5) is 0 Å². The summed E-state index contributed by atoms with van der Waals surface area (Å²) in [7, 11) is 5.12. The first-order chi connectivity index (χ1) is 13.5. The average Bonchev–Trinajstić information content (AvgIpc) is 3.17. The Labute approximate surface area is 162 Å². The van der Waals surface area contributed by atoms with Crippen LogP contribution in [-0.4, -0.2) is 46.2 Å². The minimum Gasteiger partial charge on any atom is -0.510 e. The summed E-state index contributed by atoms with van der Waals surface area (Å²) in [5, 5.41) is 19.3. The van der Waals surface area contributed by atoms with Crippen molar-refractivity contribution in [2.24, 2.45) is 7.05 Å². The topological polar surface area (TPSA) is 83.6 Å². The standard InChI is InChI=1S/C21H22N4O3/c1-24-16-9-8-14(27-2)10-15(16)23-21(24)19-17(26)12-25(20(19)22)11-13-6-4-5-7-18(13)28-3/h4-10,22,26H,11-12H2,1-3H3. The second-order valence-corrected chi connectivity index (χ2v) is 6.69. The molecule has 1 aliphatic heterocycles. The first kappa shape index (κ1) is 17.9. The third kappa shape index (κ3) is 2.85. The number of aryl methyl sites for hydroxylation is 1. The number of hydrogen-bond donors (Lipinski definition) is 2. The Balaban J connectivity index is 1.67. The molecule has 0 unspecified atom stereocenters. The maximum Gasteiger partial charge on any atom is 0.148 e. The summed E-state index contributed by atoms with van der Waals surface area (Å²) in [6.45, 7) is 0.729. The lowest BCUT2D eigenvalue weighted by Crippen LogP contribution is -2.26. The van der Waals surface area contributed by atoms with E-state index in [0.717, 1.165) is 28.1 Å². The van der Waals surface area contributed by atoms with Gasteiger partial charge >= 0.3 is 0 Å². The summed E-state index contributed by atoms with van der Waals surface area (Å²) in [5.74, 6) is 2.43. The average molecular weight is 378 g/mol. The van der Waals surface area contributed by atoms with Gasteiger partial charge in [-0.1, -0.05) is 18.2 Å². The zero-order chi connectivity index (χ0) is 19.8. The second-order valence-electron chi connectivity index (χ2n) is 6.69. The quantitative estimate of drug-likeness (QED) is 0.711. The third-order valence-corrected chi connectivity index (χ3v) is 5.05. The van der Waals surface area contributed by atoms with Gasteiger partial charge in [0.25, 0.3) is 0 Å². The molecule has 7 nitrogen and oxygen atoms in total. The van der Waals surface area contributed by atoms with Gasteiger partial charge in [0.1, 0.15) is 28.9 Å². The molecule has 2 heterocycles. The molecule has 0 spiro atoms. The molecule has 28 heavy (non-hydrogen) atoms. The van der Waals surface area contributed by atoms with Crippen molar-refractivity contribution in [3.05, 3.63) is 59.6 Å². The zero-order valence-corrected chi connectivity index (χ0v) is 16.1. The number of hydrogen-bond acceptors (Lipinski definition) is 5. The van der Waals surface area contributed by atoms with E-state index in [1.165, 1.54) is 0 Å². The van der Waals surface area contributed by atoms with Crippen LogP contribution in [0.3, 0.4) is 0 Å². The first-order valence-corrected chi connectivity index (χ1v) is 8.92. The molecular formula is C21H22N4O3. The van der Waals surface area contributed by atoms with Crippen LogP contribution in [0, 0.1) is 5.41 Å². The van der Waals surface area contributed by atoms with Crippen LogP contribution in [0.25, 0.3) is 16.6 Å². The fourth-order valence-electron chi connectivity index (χ4n) is 3.57. The van der Waals surface area contributed by atoms with Crippen LogP contribution in [0.5, 0.6) is 11.5 Å². The molecule has 1 aromatic heterocycles. The van der Waals surface area contributed by atoms with Crippen molar-refractivity contribution in [1.82, 2.24) is 14.5 Å². The summed E-state index contributed by atoms with van der Waals surface area (Å²) in [6, 6.07) is 13.3. The number of aromatic nitrogens is 2. The Bertz CT molecular complexity index is 1100. The summed E-state index contributed by atoms with van der Waals surface area (Å²) in [4.78, 5) is 6.46. The Hall–Kier alpha value is -3.48. The van der Waals surface area contributed by atoms with E-state index in [1.807, 2.05) is 59.0 Å². The molecule has 2 N–H and O–H groups in total. The number of benzene rings is 2. The molecule has 0 fully saturated rings. The predicted octanol–water partition coefficient (Wildman–Crippen LogP) is 3.35. The minimum absolute atomic E-state index is 0.144. The zero-order valence-electron chi connectivity index (χ0n) is 16.1. The lowest BCUT2D eigenvalue weighted by atomic mass is 10.2. The summed E-state index contributed by atoms with van der Waals surface area (Å²) >= 11 is 0. The fraction of sp³-hybridized carbons (Fsp3) is 0.238. The molecule has 0 saturated carbocycles. The van der Waals surface area contributed by atoms with Gasteiger partial charge in [-0.15, -0.1) is 0 Å². The molecule has 4 rings (SSSR count). The van der Waals surface area contributed by atoms with Gasteiger partial charge in [-0.2, -0.15) is 0 Å². The predicted molar refractivity (Wildman–Crippen MR) is 108 cm³/mol. The first-order valence-electron chi connectivity index (χ1n) is 8.92. The van der Waals surface area contributed by atoms with Gasteiger partial charge in [0.15, 0.2) is 0 Å². The number of ether oxygens (including phenoxy) is 2. The molecule has 1 aliphatic rings. The highest BCUT2D eigenvalue weighted by molar-refractivity contribution is 6.23. The molecule has 0 atom stereocenters. The summed E-state index contributed by atoms with van der Waals surface area (Å²) in [5.41, 5.74) is 3.08. The number of nitrogens with one attached hydrogen (secondary N) is 1. The molecule has 2 aromatic carbocycles. The van der Waals surface area contributed by atoms with Crippen LogP contribution < -0.4 is 9.47 Å². The lowest BCUT2D eigenvalue weighted by Gasteiger charge is -2.20. The van der Waals surface area contributed by atoms with E-state index < -0.39 is 0 Å². The maximum absolute atomic E-state index is 10.6. The van der Waals surface area contributed by atoms with Crippen molar-refractivity contribution >= 4 is 22.4 Å². The molecule has 0 amide bonds. The largest absolute Gasteiger partial charge is 0.510 e. The van der Waals surface area contributed by atoms with Crippen LogP contribution in [0.1, 0.15) is 11.4 Å². The molecule has 0 bridgehead atoms. The highest BCUT2D eigenvalue weighted by Gasteiger charge is 2.31. The van der Waals surface area contributed by atoms with E-state index in [2.05, 4.69) is 4.98 Å². The van der Waals surface area contributed by atoms with Crippen molar-refractivity contribution in [2.45, 2.75) is 6.54 Å². The number of aliphatic hydroxyl groups is 1. The van der Waals surface area contributed by atoms with Crippen molar-refractivity contribution in [2.75, 3.05) is 20.8 Å². The Morgan fingerprint density at radius 2 is 1.93 bits per heavy atom. The number of nitrogens with zero attached hydrogens (tertiary/aromatic N) is 3. The number of amidine groups is 1. The highest BCUT2D eigenvalue weighted by Crippen LogP contribution is 2.31. The van der Waals surface area contributed by atoms with E-state index in [0.29, 0.717) is 17.9 Å². The maximum atomic E-state index is 10.6. The van der Waals surface area contributed by atoms with E-state index >= 15 is 0 Å². The number of methoxy groups -OCH3 is 2. The monoisotopic (exact) mass is 378 g/mol. The molecule has 0 radical (unpaired) electrons. The molecule has 7 heteroatoms. The van der Waals surface area contributed by atoms with Crippen LogP contribution in [-0.2, 0) is 13.6 Å². The number of imidazole rings is 1. The van der Waals surface area contributed by atoms with Gasteiger partial charge in [0.2, 0.25) is 0 Å². The Kier molecular flexibility index (Phi) is 4.43. The lowest BCUT2D eigenvalue weighted by molar-refractivity contribution is 0.341. The van der Waals surface area contributed by atoms with Crippen molar-refractivity contribution in [3.8, 4) is 11.5 Å². The van der Waals surface area contributed by atoms with E-state index in [-0.39, 0.29) is 18.1 Å². The van der Waals surface area contributed by atoms with Gasteiger partial charge in [-0.05, 0) is 18.2 Å². The Morgan fingerprint density at radius 1 is 1.14 bits per heavy atom. The van der Waals surface area contributed by atoms with Gasteiger partial charge in [0.05, 0.1) is 37.4 Å². The van der Waals surface area contributed by atoms with Gasteiger partial charge in [-0.25, -0.2) is 4.98 Å². The SMILES string of the molecule is COc1ccc2c(c1)nc(C1=C(O)CN(Cc3ccccc3OC)C1=N)n2C. The second kappa shape index (κ2) is 6.92. The summed E-state index contributed by atoms with van der Waals surface area (Å²) < 4.78 is 12.6. The molecule has 3 aromatic rings. The van der Waals surface area contributed by atoms with E-state index in [4.69, 9.17) is 14.9 Å². The van der Waals surface area contributed by atoms with Gasteiger partial charge in [-0.3, -0.25) is 5.41 Å². The smallest absolute Gasteiger partial charge is 0.148 e. The Morgan fingerprint density at radius 3 is 2.68 bits per heavy atom. The van der Waals surface area contributed by atoms with E-state index in [9.17, 15) is 5.11 Å². The van der Waals surface area contributed by atoms with Crippen LogP contribution in [0.2, 0.25) is 0 Å². The fourth-order valence-corrected chi connectivity index (χ4v) is 3.57. The van der Waals surface area contributed by atoms with Crippen molar-refractivity contribution in [1.29, 1.82) is 5.41 Å². The molecule has 144 valence electrons. The number of para-hydroxylation sites is 1. The molecule has 0 aliphatic carbocycles. The normalized spacial score (nSPS) is 14.2. The molecular weight excluding hydrogens is 356 g/mol. The summed E-state index contributed by atoms with van der Waals surface area (Å²) in [6.07, 6.45) is 0. The van der Waals surface area contributed by atoms with Gasteiger partial charge < -0.3 is 24.0 Å². The molecule has 0 saturated heterocycles.